The molecule has 35 heavy (non-hydrogen) atoms. The number of fused-ring (bicyclic) bond motifs is 3. The molecular weight excluding hydrogens is 448 g/mol. The van der Waals surface area contributed by atoms with E-state index in [1.807, 2.05) is 27.7 Å². The summed E-state index contributed by atoms with van der Waals surface area (Å²) in [6.07, 6.45) is 0. The van der Waals surface area contributed by atoms with Gasteiger partial charge < -0.3 is 18.6 Å². The molecule has 1 aromatic carbocycles. The van der Waals surface area contributed by atoms with Gasteiger partial charge in [-0.2, -0.15) is 0 Å². The van der Waals surface area contributed by atoms with Gasteiger partial charge in [-0.05, 0) is 41.5 Å². The van der Waals surface area contributed by atoms with Gasteiger partial charge in [-0.3, -0.25) is 14.4 Å². The maximum atomic E-state index is 13.7. The van der Waals surface area contributed by atoms with Crippen molar-refractivity contribution in [2.24, 2.45) is 0 Å². The molecule has 2 amide bonds. The van der Waals surface area contributed by atoms with E-state index in [2.05, 4.69) is 4.98 Å². The fourth-order valence-electron chi connectivity index (χ4n) is 4.47. The van der Waals surface area contributed by atoms with E-state index in [0.717, 1.165) is 0 Å². The number of aryl methyl sites for hydroxylation is 2. The van der Waals surface area contributed by atoms with Gasteiger partial charge in [0.15, 0.2) is 28.2 Å². The lowest BCUT2D eigenvalue weighted by Gasteiger charge is -2.22. The smallest absolute Gasteiger partial charge is 0.258 e. The zero-order chi connectivity index (χ0) is 25.6. The summed E-state index contributed by atoms with van der Waals surface area (Å²) in [4.78, 5) is 52.4. The minimum absolute atomic E-state index is 0.153. The van der Waals surface area contributed by atoms with Gasteiger partial charge >= 0.3 is 0 Å². The Labute approximate surface area is 203 Å². The van der Waals surface area contributed by atoms with Crippen molar-refractivity contribution in [2.75, 3.05) is 26.2 Å². The number of amides is 2. The van der Waals surface area contributed by atoms with Crippen molar-refractivity contribution in [1.29, 1.82) is 0 Å². The molecule has 0 radical (unpaired) electrons. The summed E-state index contributed by atoms with van der Waals surface area (Å²) in [6, 6.07) is 1.31. The van der Waals surface area contributed by atoms with E-state index >= 15 is 0 Å². The molecule has 0 spiro atoms. The Bertz CT molecular complexity index is 1490. The minimum Gasteiger partial charge on any atom is -0.452 e. The average molecular weight is 479 g/mol. The molecule has 4 rings (SSSR count). The second-order valence-electron chi connectivity index (χ2n) is 8.48. The van der Waals surface area contributed by atoms with Crippen LogP contribution in [0.1, 0.15) is 65.4 Å². The molecule has 0 N–H and O–H groups in total. The highest BCUT2D eigenvalue weighted by Crippen LogP contribution is 2.37. The molecule has 0 atom stereocenters. The maximum absolute atomic E-state index is 13.7. The summed E-state index contributed by atoms with van der Waals surface area (Å²) in [6.45, 7) is 14.7. The molecule has 1 aliphatic carbocycles. The summed E-state index contributed by atoms with van der Waals surface area (Å²) < 4.78 is 12.1. The summed E-state index contributed by atoms with van der Waals surface area (Å²) >= 11 is 0. The van der Waals surface area contributed by atoms with Gasteiger partial charge in [0.2, 0.25) is 0 Å². The van der Waals surface area contributed by atoms with Gasteiger partial charge in [0.1, 0.15) is 16.7 Å². The molecule has 184 valence electrons. The van der Waals surface area contributed by atoms with Crippen molar-refractivity contribution in [3.05, 3.63) is 44.4 Å². The number of carbonyl (C=O) groups excluding carboxylic acids is 2. The van der Waals surface area contributed by atoms with E-state index in [1.165, 1.54) is 6.07 Å². The Kier molecular flexibility index (Phi) is 6.36. The standard InChI is InChI=1S/C26H30N4O5/c1-8-29(9-2)25(32)16-12-17(31)13(5)22-19(16)28-21-18(26(33)30(10-3)11-4)20-23(34-15(7)27-20)14(6)24(21)35-22/h12H,8-11H2,1-7H3. The van der Waals surface area contributed by atoms with Crippen molar-refractivity contribution < 1.29 is 18.4 Å². The molecule has 9 heteroatoms. The zero-order valence-electron chi connectivity index (χ0n) is 21.2. The zero-order valence-corrected chi connectivity index (χ0v) is 21.2. The van der Waals surface area contributed by atoms with E-state index in [1.54, 1.807) is 30.6 Å². The number of hydrogen-bond donors (Lipinski definition) is 0. The van der Waals surface area contributed by atoms with E-state index < -0.39 is 0 Å². The molecule has 0 bridgehead atoms. The Balaban J connectivity index is 2.20. The third-order valence-electron chi connectivity index (χ3n) is 6.53. The van der Waals surface area contributed by atoms with Crippen LogP contribution >= 0.6 is 0 Å². The van der Waals surface area contributed by atoms with Crippen LogP contribution in [0.2, 0.25) is 0 Å². The summed E-state index contributed by atoms with van der Waals surface area (Å²) in [5, 5.41) is 0. The number of rotatable bonds is 6. The molecule has 2 aromatic rings. The number of carbonyl (C=O) groups is 2. The predicted octanol–water partition coefficient (Wildman–Crippen LogP) is 4.32. The molecule has 0 saturated heterocycles. The van der Waals surface area contributed by atoms with Crippen LogP contribution in [0, 0.1) is 20.8 Å². The predicted molar refractivity (Wildman–Crippen MR) is 133 cm³/mol. The topological polar surface area (TPSA) is 110 Å². The fraction of sp³-hybridized carbons (Fsp3) is 0.423. The normalized spacial score (nSPS) is 11.5. The number of hydrogen-bond acceptors (Lipinski definition) is 7. The average Bonchev–Trinajstić information content (AvgIpc) is 3.23. The minimum atomic E-state index is -0.314. The van der Waals surface area contributed by atoms with Crippen LogP contribution in [-0.4, -0.2) is 57.8 Å². The van der Waals surface area contributed by atoms with Crippen LogP contribution in [0.25, 0.3) is 33.7 Å². The van der Waals surface area contributed by atoms with E-state index in [-0.39, 0.29) is 39.8 Å². The van der Waals surface area contributed by atoms with Crippen molar-refractivity contribution in [3.63, 3.8) is 0 Å². The first kappa shape index (κ1) is 24.4. The van der Waals surface area contributed by atoms with Gasteiger partial charge in [-0.25, -0.2) is 9.97 Å². The molecular formula is C26H30N4O5. The molecule has 0 unspecified atom stereocenters. The van der Waals surface area contributed by atoms with E-state index in [4.69, 9.17) is 13.8 Å². The third-order valence-corrected chi connectivity index (χ3v) is 6.53. The quantitative estimate of drug-likeness (QED) is 0.380. The van der Waals surface area contributed by atoms with Crippen molar-refractivity contribution in [3.8, 4) is 11.5 Å². The Morgan fingerprint density at radius 2 is 1.34 bits per heavy atom. The molecule has 1 aromatic heterocycles. The van der Waals surface area contributed by atoms with Crippen molar-refractivity contribution in [2.45, 2.75) is 48.5 Å². The number of benzene rings is 2. The lowest BCUT2D eigenvalue weighted by Crippen LogP contribution is -2.32. The van der Waals surface area contributed by atoms with E-state index in [9.17, 15) is 14.4 Å². The van der Waals surface area contributed by atoms with Gasteiger partial charge in [-0.15, -0.1) is 0 Å². The fourth-order valence-corrected chi connectivity index (χ4v) is 4.47. The first-order valence-electron chi connectivity index (χ1n) is 11.9. The van der Waals surface area contributed by atoms with Crippen LogP contribution in [0.15, 0.2) is 19.7 Å². The largest absolute Gasteiger partial charge is 0.452 e. The molecule has 0 saturated carbocycles. The highest BCUT2D eigenvalue weighted by atomic mass is 16.4. The van der Waals surface area contributed by atoms with Crippen LogP contribution in [-0.2, 0) is 0 Å². The molecule has 0 fully saturated rings. The van der Waals surface area contributed by atoms with Crippen molar-refractivity contribution in [1.82, 2.24) is 19.8 Å². The maximum Gasteiger partial charge on any atom is 0.258 e. The first-order chi connectivity index (χ1) is 16.7. The summed E-state index contributed by atoms with van der Waals surface area (Å²) in [5.41, 5.74) is 2.77. The van der Waals surface area contributed by atoms with Gasteiger partial charge in [0.25, 0.3) is 11.8 Å². The first-order valence-corrected chi connectivity index (χ1v) is 11.9. The van der Waals surface area contributed by atoms with Crippen LogP contribution in [0.3, 0.4) is 0 Å². The second-order valence-corrected chi connectivity index (χ2v) is 8.48. The monoisotopic (exact) mass is 478 g/mol. The van der Waals surface area contributed by atoms with Crippen LogP contribution in [0.4, 0.5) is 0 Å². The summed E-state index contributed by atoms with van der Waals surface area (Å²) in [5.74, 6) is 0.0624. The van der Waals surface area contributed by atoms with Gasteiger partial charge in [-0.1, -0.05) is 0 Å². The van der Waals surface area contributed by atoms with Gasteiger partial charge in [0.05, 0.1) is 11.1 Å². The Morgan fingerprint density at radius 3 is 1.94 bits per heavy atom. The van der Waals surface area contributed by atoms with Crippen molar-refractivity contribution >= 4 is 34.0 Å². The lowest BCUT2D eigenvalue weighted by molar-refractivity contribution is 0.0767. The third kappa shape index (κ3) is 3.75. The Hall–Kier alpha value is -3.75. The Morgan fingerprint density at radius 1 is 0.800 bits per heavy atom. The van der Waals surface area contributed by atoms with Crippen LogP contribution in [0.5, 0.6) is 0 Å². The number of nitrogens with zero attached hydrogens (tertiary/aromatic N) is 4. The number of oxazole rings is 1. The molecule has 2 heterocycles. The second kappa shape index (κ2) is 9.13. The lowest BCUT2D eigenvalue weighted by atomic mass is 10.0. The SMILES string of the molecule is CCN(CC)C(=O)c1cc(=O)c(C)c2oc3c(C)c4oc(C)nc4c(C(=O)N(CC)CC)c3nc1-2. The van der Waals surface area contributed by atoms with Crippen LogP contribution < -0.4 is 5.43 Å². The molecule has 2 aliphatic rings. The molecule has 9 nitrogen and oxygen atoms in total. The number of aromatic nitrogens is 2. The highest BCUT2D eigenvalue weighted by Gasteiger charge is 2.31. The summed E-state index contributed by atoms with van der Waals surface area (Å²) in [7, 11) is 0. The van der Waals surface area contributed by atoms with Gasteiger partial charge in [0, 0.05) is 50.3 Å². The molecule has 1 aliphatic heterocycles. The van der Waals surface area contributed by atoms with E-state index in [0.29, 0.717) is 65.4 Å². The highest BCUT2D eigenvalue weighted by molar-refractivity contribution is 6.16.